The molecule has 0 N–H and O–H groups in total. The Kier molecular flexibility index (Phi) is 5.91. The summed E-state index contributed by atoms with van der Waals surface area (Å²) in [5.74, 6) is -0.106. The SMILES string of the molecule is COc1ccc(N(C(=O)/C=C/c2ccccc2)S(=O)(=O)c2ccccc2)cc1. The summed E-state index contributed by atoms with van der Waals surface area (Å²) in [4.78, 5) is 13.0. The van der Waals surface area contributed by atoms with E-state index in [0.29, 0.717) is 5.75 Å². The van der Waals surface area contributed by atoms with Crippen LogP contribution in [0.4, 0.5) is 5.69 Å². The van der Waals surface area contributed by atoms with Gasteiger partial charge in [0.2, 0.25) is 0 Å². The second kappa shape index (κ2) is 8.54. The number of rotatable bonds is 6. The number of amides is 1. The van der Waals surface area contributed by atoms with Crippen LogP contribution in [0.15, 0.2) is 95.9 Å². The average Bonchev–Trinajstić information content (AvgIpc) is 2.74. The maximum absolute atomic E-state index is 13.2. The van der Waals surface area contributed by atoms with Crippen LogP contribution in [0.25, 0.3) is 6.08 Å². The van der Waals surface area contributed by atoms with E-state index in [9.17, 15) is 13.2 Å². The molecule has 0 spiro atoms. The van der Waals surface area contributed by atoms with Crippen molar-refractivity contribution in [2.75, 3.05) is 11.4 Å². The molecule has 0 aliphatic carbocycles. The lowest BCUT2D eigenvalue weighted by molar-refractivity contribution is -0.113. The van der Waals surface area contributed by atoms with Gasteiger partial charge in [0, 0.05) is 6.08 Å². The van der Waals surface area contributed by atoms with Crippen LogP contribution in [0.5, 0.6) is 5.75 Å². The number of carbonyl (C=O) groups is 1. The molecule has 0 aromatic heterocycles. The fraction of sp³-hybridized carbons (Fsp3) is 0.0455. The highest BCUT2D eigenvalue weighted by atomic mass is 32.2. The van der Waals surface area contributed by atoms with Crippen molar-refractivity contribution in [1.82, 2.24) is 0 Å². The van der Waals surface area contributed by atoms with Gasteiger partial charge < -0.3 is 4.74 Å². The van der Waals surface area contributed by atoms with Gasteiger partial charge in [0.1, 0.15) is 5.75 Å². The summed E-state index contributed by atoms with van der Waals surface area (Å²) in [5.41, 5.74) is 1.02. The van der Waals surface area contributed by atoms with E-state index in [1.54, 1.807) is 36.4 Å². The van der Waals surface area contributed by atoms with Crippen LogP contribution in [0.2, 0.25) is 0 Å². The second-order valence-electron chi connectivity index (χ2n) is 5.86. The van der Waals surface area contributed by atoms with Crippen LogP contribution >= 0.6 is 0 Å². The second-order valence-corrected chi connectivity index (χ2v) is 7.65. The first kappa shape index (κ1) is 19.4. The number of carbonyl (C=O) groups excluding carboxylic acids is 1. The van der Waals surface area contributed by atoms with E-state index in [-0.39, 0.29) is 10.6 Å². The minimum absolute atomic E-state index is 0.0345. The molecule has 5 nitrogen and oxygen atoms in total. The normalized spacial score (nSPS) is 11.3. The van der Waals surface area contributed by atoms with Gasteiger partial charge in [0.15, 0.2) is 0 Å². The standard InChI is InChI=1S/C22H19NO4S/c1-27-20-15-13-19(14-16-20)23(28(25,26)21-10-6-3-7-11-21)22(24)17-12-18-8-4-2-5-9-18/h2-17H,1H3/b17-12+. The predicted octanol–water partition coefficient (Wildman–Crippen LogP) is 4.13. The first-order chi connectivity index (χ1) is 13.5. The Hall–Kier alpha value is -3.38. The monoisotopic (exact) mass is 393 g/mol. The van der Waals surface area contributed by atoms with E-state index < -0.39 is 15.9 Å². The Balaban J connectivity index is 2.03. The molecule has 0 atom stereocenters. The zero-order valence-electron chi connectivity index (χ0n) is 15.2. The first-order valence-electron chi connectivity index (χ1n) is 8.54. The Labute approximate surface area is 164 Å². The molecule has 1 amide bonds. The molecule has 142 valence electrons. The molecule has 3 aromatic rings. The molecule has 0 aliphatic heterocycles. The van der Waals surface area contributed by atoms with Gasteiger partial charge in [-0.05, 0) is 48.0 Å². The molecule has 0 bridgehead atoms. The molecule has 0 aliphatic rings. The molecule has 28 heavy (non-hydrogen) atoms. The Morgan fingerprint density at radius 3 is 2.00 bits per heavy atom. The van der Waals surface area contributed by atoms with Crippen molar-refractivity contribution in [2.24, 2.45) is 0 Å². The molecular formula is C22H19NO4S. The van der Waals surface area contributed by atoms with Gasteiger partial charge in [-0.15, -0.1) is 0 Å². The third kappa shape index (κ3) is 4.29. The smallest absolute Gasteiger partial charge is 0.271 e. The molecule has 3 aromatic carbocycles. The van der Waals surface area contributed by atoms with E-state index in [1.165, 1.54) is 37.5 Å². The van der Waals surface area contributed by atoms with Crippen LogP contribution in [-0.4, -0.2) is 21.4 Å². The molecule has 6 heteroatoms. The van der Waals surface area contributed by atoms with Crippen molar-refractivity contribution in [3.05, 3.63) is 96.6 Å². The maximum atomic E-state index is 13.2. The Bertz CT molecular complexity index is 1060. The number of hydrogen-bond acceptors (Lipinski definition) is 4. The molecule has 0 unspecified atom stereocenters. The number of sulfonamides is 1. The van der Waals surface area contributed by atoms with Crippen molar-refractivity contribution in [3.8, 4) is 5.75 Å². The molecule has 0 saturated carbocycles. The molecule has 0 saturated heterocycles. The highest BCUT2D eigenvalue weighted by Crippen LogP contribution is 2.26. The van der Waals surface area contributed by atoms with Gasteiger partial charge in [0.05, 0.1) is 17.7 Å². The summed E-state index contributed by atoms with van der Waals surface area (Å²) >= 11 is 0. The van der Waals surface area contributed by atoms with Crippen LogP contribution in [0.3, 0.4) is 0 Å². The Morgan fingerprint density at radius 2 is 1.43 bits per heavy atom. The molecular weight excluding hydrogens is 374 g/mol. The van der Waals surface area contributed by atoms with Crippen LogP contribution in [0.1, 0.15) is 5.56 Å². The van der Waals surface area contributed by atoms with Gasteiger partial charge in [0.25, 0.3) is 15.9 Å². The lowest BCUT2D eigenvalue weighted by Gasteiger charge is -2.21. The van der Waals surface area contributed by atoms with E-state index in [0.717, 1.165) is 9.87 Å². The van der Waals surface area contributed by atoms with E-state index >= 15 is 0 Å². The summed E-state index contributed by atoms with van der Waals surface area (Å²) in [7, 11) is -2.57. The quantitative estimate of drug-likeness (QED) is 0.591. The van der Waals surface area contributed by atoms with Crippen molar-refractivity contribution < 1.29 is 17.9 Å². The zero-order valence-corrected chi connectivity index (χ0v) is 16.0. The number of ether oxygens (including phenoxy) is 1. The molecule has 0 fully saturated rings. The first-order valence-corrected chi connectivity index (χ1v) is 9.98. The van der Waals surface area contributed by atoms with Crippen molar-refractivity contribution in [1.29, 1.82) is 0 Å². The third-order valence-corrected chi connectivity index (χ3v) is 5.75. The lowest BCUT2D eigenvalue weighted by Crippen LogP contribution is -2.35. The summed E-state index contributed by atoms with van der Waals surface area (Å²) in [6.45, 7) is 0. The van der Waals surface area contributed by atoms with Crippen LogP contribution in [-0.2, 0) is 14.8 Å². The van der Waals surface area contributed by atoms with Crippen LogP contribution in [0, 0.1) is 0 Å². The lowest BCUT2D eigenvalue weighted by atomic mass is 10.2. The van der Waals surface area contributed by atoms with Gasteiger partial charge in [-0.1, -0.05) is 48.5 Å². The maximum Gasteiger partial charge on any atom is 0.271 e. The number of methoxy groups -OCH3 is 1. The fourth-order valence-corrected chi connectivity index (χ4v) is 4.01. The van der Waals surface area contributed by atoms with E-state index in [1.807, 2.05) is 30.3 Å². The number of benzene rings is 3. The third-order valence-electron chi connectivity index (χ3n) is 4.01. The minimum atomic E-state index is -4.09. The minimum Gasteiger partial charge on any atom is -0.497 e. The summed E-state index contributed by atoms with van der Waals surface area (Å²) in [5, 5.41) is 0. The van der Waals surface area contributed by atoms with Gasteiger partial charge in [-0.25, -0.2) is 8.42 Å². The number of hydrogen-bond donors (Lipinski definition) is 0. The molecule has 0 radical (unpaired) electrons. The highest BCUT2D eigenvalue weighted by Gasteiger charge is 2.29. The predicted molar refractivity (Wildman–Crippen MR) is 110 cm³/mol. The van der Waals surface area contributed by atoms with Crippen molar-refractivity contribution >= 4 is 27.7 Å². The fourth-order valence-electron chi connectivity index (χ4n) is 2.60. The van der Waals surface area contributed by atoms with E-state index in [4.69, 9.17) is 4.74 Å². The largest absolute Gasteiger partial charge is 0.497 e. The van der Waals surface area contributed by atoms with Crippen molar-refractivity contribution in [3.63, 3.8) is 0 Å². The number of anilines is 1. The highest BCUT2D eigenvalue weighted by molar-refractivity contribution is 7.93. The summed E-state index contributed by atoms with van der Waals surface area (Å²) < 4.78 is 32.3. The van der Waals surface area contributed by atoms with E-state index in [2.05, 4.69) is 0 Å². The molecule has 0 heterocycles. The zero-order chi connectivity index (χ0) is 20.0. The van der Waals surface area contributed by atoms with Gasteiger partial charge >= 0.3 is 0 Å². The van der Waals surface area contributed by atoms with Crippen molar-refractivity contribution in [2.45, 2.75) is 4.90 Å². The number of nitrogens with zero attached hydrogens (tertiary/aromatic N) is 1. The average molecular weight is 393 g/mol. The topological polar surface area (TPSA) is 63.7 Å². The Morgan fingerprint density at radius 1 is 0.857 bits per heavy atom. The molecule has 3 rings (SSSR count). The van der Waals surface area contributed by atoms with Gasteiger partial charge in [-0.2, -0.15) is 4.31 Å². The summed E-state index contributed by atoms with van der Waals surface area (Å²) in [6, 6.07) is 23.3. The van der Waals surface area contributed by atoms with Gasteiger partial charge in [-0.3, -0.25) is 4.79 Å². The van der Waals surface area contributed by atoms with Crippen LogP contribution < -0.4 is 9.04 Å². The summed E-state index contributed by atoms with van der Waals surface area (Å²) in [6.07, 6.45) is 2.83.